The first-order chi connectivity index (χ1) is 13.9. The summed E-state index contributed by atoms with van der Waals surface area (Å²) in [6.07, 6.45) is 3.20. The van der Waals surface area contributed by atoms with Gasteiger partial charge in [0.1, 0.15) is 0 Å². The van der Waals surface area contributed by atoms with Crippen molar-refractivity contribution >= 4 is 27.0 Å². The van der Waals surface area contributed by atoms with E-state index in [1.807, 2.05) is 19.1 Å². The molecule has 1 fully saturated rings. The van der Waals surface area contributed by atoms with Gasteiger partial charge in [0.15, 0.2) is 0 Å². The maximum Gasteiger partial charge on any atom is 0.254 e. The molecule has 2 aromatic carbocycles. The van der Waals surface area contributed by atoms with Gasteiger partial charge in [0, 0.05) is 44.1 Å². The fraction of sp³-hybridized carbons (Fsp3) is 0.286. The van der Waals surface area contributed by atoms with Gasteiger partial charge < -0.3 is 4.90 Å². The summed E-state index contributed by atoms with van der Waals surface area (Å²) >= 11 is 0. The van der Waals surface area contributed by atoms with Crippen LogP contribution in [0.15, 0.2) is 53.7 Å². The number of sulfonamides is 1. The van der Waals surface area contributed by atoms with Gasteiger partial charge in [0.05, 0.1) is 15.9 Å². The molecule has 8 heteroatoms. The minimum absolute atomic E-state index is 0.124. The summed E-state index contributed by atoms with van der Waals surface area (Å²) in [5.74, 6) is -0.124. The number of benzene rings is 2. The van der Waals surface area contributed by atoms with Gasteiger partial charge in [0.2, 0.25) is 10.0 Å². The SMILES string of the molecule is Cc1ccc(C)c(S(=O)(=O)N2CCN(C(=O)c3ccc4nccnc4c3)CC2)c1. The zero-order chi connectivity index (χ0) is 20.6. The van der Waals surface area contributed by atoms with Gasteiger partial charge in [0.25, 0.3) is 5.91 Å². The molecule has 2 heterocycles. The molecule has 0 radical (unpaired) electrons. The second kappa shape index (κ2) is 7.53. The first-order valence-electron chi connectivity index (χ1n) is 9.44. The third-order valence-electron chi connectivity index (χ3n) is 5.20. The molecule has 1 saturated heterocycles. The van der Waals surface area contributed by atoms with Crippen LogP contribution < -0.4 is 0 Å². The smallest absolute Gasteiger partial charge is 0.254 e. The van der Waals surface area contributed by atoms with Gasteiger partial charge in [-0.1, -0.05) is 12.1 Å². The van der Waals surface area contributed by atoms with Gasteiger partial charge >= 0.3 is 0 Å². The minimum atomic E-state index is -3.58. The summed E-state index contributed by atoms with van der Waals surface area (Å²) in [4.78, 5) is 23.4. The van der Waals surface area contributed by atoms with Crippen LogP contribution in [0.5, 0.6) is 0 Å². The molecule has 0 saturated carbocycles. The molecule has 4 rings (SSSR count). The predicted octanol–water partition coefficient (Wildman–Crippen LogP) is 2.39. The first-order valence-corrected chi connectivity index (χ1v) is 10.9. The van der Waals surface area contributed by atoms with Crippen LogP contribution in [0.3, 0.4) is 0 Å². The molecule has 1 aliphatic rings. The number of nitrogens with zero attached hydrogens (tertiary/aromatic N) is 4. The molecule has 3 aromatic rings. The number of amides is 1. The van der Waals surface area contributed by atoms with Crippen molar-refractivity contribution in [3.63, 3.8) is 0 Å². The lowest BCUT2D eigenvalue weighted by molar-refractivity contribution is 0.0698. The Labute approximate surface area is 170 Å². The highest BCUT2D eigenvalue weighted by atomic mass is 32.2. The lowest BCUT2D eigenvalue weighted by Crippen LogP contribution is -2.50. The second-order valence-electron chi connectivity index (χ2n) is 7.23. The highest BCUT2D eigenvalue weighted by Crippen LogP contribution is 2.23. The van der Waals surface area contributed by atoms with Crippen molar-refractivity contribution in [3.05, 3.63) is 65.5 Å². The van der Waals surface area contributed by atoms with Crippen molar-refractivity contribution in [2.75, 3.05) is 26.2 Å². The van der Waals surface area contributed by atoms with E-state index in [-0.39, 0.29) is 19.0 Å². The highest BCUT2D eigenvalue weighted by Gasteiger charge is 2.31. The van der Waals surface area contributed by atoms with E-state index in [9.17, 15) is 13.2 Å². The predicted molar refractivity (Wildman–Crippen MR) is 110 cm³/mol. The van der Waals surface area contributed by atoms with Crippen molar-refractivity contribution in [1.29, 1.82) is 0 Å². The van der Waals surface area contributed by atoms with E-state index < -0.39 is 10.0 Å². The van der Waals surface area contributed by atoms with E-state index in [0.717, 1.165) is 16.6 Å². The molecule has 29 heavy (non-hydrogen) atoms. The lowest BCUT2D eigenvalue weighted by atomic mass is 10.1. The largest absolute Gasteiger partial charge is 0.336 e. The van der Waals surface area contributed by atoms with Crippen molar-refractivity contribution in [2.45, 2.75) is 18.7 Å². The fourth-order valence-electron chi connectivity index (χ4n) is 3.53. The summed E-state index contributed by atoms with van der Waals surface area (Å²) < 4.78 is 27.6. The summed E-state index contributed by atoms with van der Waals surface area (Å²) in [6.45, 7) is 4.92. The number of carbonyl (C=O) groups excluding carboxylic acids is 1. The Morgan fingerprint density at radius 3 is 2.31 bits per heavy atom. The zero-order valence-corrected chi connectivity index (χ0v) is 17.2. The Hall–Kier alpha value is -2.84. The highest BCUT2D eigenvalue weighted by molar-refractivity contribution is 7.89. The van der Waals surface area contributed by atoms with Gasteiger partial charge in [-0.2, -0.15) is 4.31 Å². The summed E-state index contributed by atoms with van der Waals surface area (Å²) in [5, 5.41) is 0. The molecule has 7 nitrogen and oxygen atoms in total. The number of carbonyl (C=O) groups is 1. The molecular weight excluding hydrogens is 388 g/mol. The van der Waals surface area contributed by atoms with E-state index in [0.29, 0.717) is 29.1 Å². The lowest BCUT2D eigenvalue weighted by Gasteiger charge is -2.34. The molecule has 0 unspecified atom stereocenters. The molecular formula is C21H22N4O3S. The molecule has 1 aliphatic heterocycles. The van der Waals surface area contributed by atoms with Crippen LogP contribution in [0.25, 0.3) is 11.0 Å². The van der Waals surface area contributed by atoms with Crippen molar-refractivity contribution in [1.82, 2.24) is 19.2 Å². The summed E-state index contributed by atoms with van der Waals surface area (Å²) in [7, 11) is -3.58. The number of aryl methyl sites for hydroxylation is 2. The van der Waals surface area contributed by atoms with E-state index in [1.165, 1.54) is 4.31 Å². The van der Waals surface area contributed by atoms with Crippen LogP contribution in [0.2, 0.25) is 0 Å². The van der Waals surface area contributed by atoms with E-state index in [4.69, 9.17) is 0 Å². The van der Waals surface area contributed by atoms with Crippen LogP contribution in [0.4, 0.5) is 0 Å². The molecule has 0 spiro atoms. The monoisotopic (exact) mass is 410 g/mol. The van der Waals surface area contributed by atoms with Gasteiger partial charge in [-0.05, 0) is 49.2 Å². The molecule has 1 aromatic heterocycles. The summed E-state index contributed by atoms with van der Waals surface area (Å²) in [6, 6.07) is 10.7. The first kappa shape index (κ1) is 19.5. The molecule has 0 bridgehead atoms. The Bertz CT molecular complexity index is 1190. The van der Waals surface area contributed by atoms with E-state index in [1.54, 1.807) is 48.5 Å². The Kier molecular flexibility index (Phi) is 5.06. The van der Waals surface area contributed by atoms with Crippen molar-refractivity contribution in [2.24, 2.45) is 0 Å². The van der Waals surface area contributed by atoms with Crippen LogP contribution in [0, 0.1) is 13.8 Å². The molecule has 0 aliphatic carbocycles. The topological polar surface area (TPSA) is 83.5 Å². The maximum absolute atomic E-state index is 13.1. The number of rotatable bonds is 3. The van der Waals surface area contributed by atoms with Gasteiger partial charge in [-0.25, -0.2) is 8.42 Å². The standard InChI is InChI=1S/C21H22N4O3S/c1-15-3-4-16(2)20(13-15)29(27,28)25-11-9-24(10-12-25)21(26)17-5-6-18-19(14-17)23-8-7-22-18/h3-8,13-14H,9-12H2,1-2H3. The normalized spacial score (nSPS) is 15.6. The number of piperazine rings is 1. The van der Waals surface area contributed by atoms with Crippen LogP contribution in [-0.2, 0) is 10.0 Å². The molecule has 0 atom stereocenters. The molecule has 1 amide bonds. The Balaban J connectivity index is 1.49. The zero-order valence-electron chi connectivity index (χ0n) is 16.4. The second-order valence-corrected chi connectivity index (χ2v) is 9.13. The maximum atomic E-state index is 13.1. The third-order valence-corrected chi connectivity index (χ3v) is 7.24. The quantitative estimate of drug-likeness (QED) is 0.662. The number of aromatic nitrogens is 2. The Morgan fingerprint density at radius 2 is 1.59 bits per heavy atom. The average Bonchev–Trinajstić information content (AvgIpc) is 2.74. The third kappa shape index (κ3) is 3.73. The van der Waals surface area contributed by atoms with Gasteiger partial charge in [-0.3, -0.25) is 14.8 Å². The summed E-state index contributed by atoms with van der Waals surface area (Å²) in [5.41, 5.74) is 3.56. The van der Waals surface area contributed by atoms with Crippen molar-refractivity contribution < 1.29 is 13.2 Å². The number of fused-ring (bicyclic) bond motifs is 1. The Morgan fingerprint density at radius 1 is 0.897 bits per heavy atom. The fourth-order valence-corrected chi connectivity index (χ4v) is 5.27. The van der Waals surface area contributed by atoms with Gasteiger partial charge in [-0.15, -0.1) is 0 Å². The average molecular weight is 410 g/mol. The van der Waals surface area contributed by atoms with E-state index in [2.05, 4.69) is 9.97 Å². The van der Waals surface area contributed by atoms with Crippen LogP contribution >= 0.6 is 0 Å². The number of hydrogen-bond donors (Lipinski definition) is 0. The number of hydrogen-bond acceptors (Lipinski definition) is 5. The van der Waals surface area contributed by atoms with E-state index >= 15 is 0 Å². The van der Waals surface area contributed by atoms with Crippen LogP contribution in [0.1, 0.15) is 21.5 Å². The van der Waals surface area contributed by atoms with Crippen molar-refractivity contribution in [3.8, 4) is 0 Å². The minimum Gasteiger partial charge on any atom is -0.336 e. The molecule has 0 N–H and O–H groups in total. The molecule has 150 valence electrons. The van der Waals surface area contributed by atoms with Crippen LogP contribution in [-0.4, -0.2) is 59.7 Å².